The van der Waals surface area contributed by atoms with E-state index in [0.717, 1.165) is 27.8 Å². The van der Waals surface area contributed by atoms with Gasteiger partial charge in [0.15, 0.2) is 0 Å². The van der Waals surface area contributed by atoms with Gasteiger partial charge in [-0.15, -0.1) is 11.3 Å². The van der Waals surface area contributed by atoms with Crippen LogP contribution in [0.5, 0.6) is 0 Å². The molecule has 12 rings (SSSR count). The summed E-state index contributed by atoms with van der Waals surface area (Å²) in [5, 5.41) is 7.48. The van der Waals surface area contributed by atoms with Gasteiger partial charge in [-0.3, -0.25) is 9.97 Å². The van der Waals surface area contributed by atoms with Gasteiger partial charge in [0.2, 0.25) is 0 Å². The molecule has 256 valence electrons. The number of aromatic nitrogens is 4. The molecule has 4 heterocycles. The highest BCUT2D eigenvalue weighted by Crippen LogP contribution is 2.47. The van der Waals surface area contributed by atoms with E-state index in [9.17, 15) is 0 Å². The topological polar surface area (TPSA) is 35.6 Å². The molecule has 0 unspecified atom stereocenters. The van der Waals surface area contributed by atoms with Crippen LogP contribution in [0.3, 0.4) is 0 Å². The van der Waals surface area contributed by atoms with E-state index >= 15 is 0 Å². The molecule has 4 nitrogen and oxygen atoms in total. The second kappa shape index (κ2) is 11.7. The van der Waals surface area contributed by atoms with E-state index < -0.39 is 0 Å². The lowest BCUT2D eigenvalue weighted by atomic mass is 9.98. The zero-order valence-electron chi connectivity index (χ0n) is 29.5. The molecule has 0 aliphatic carbocycles. The van der Waals surface area contributed by atoms with E-state index in [-0.39, 0.29) is 0 Å². The molecule has 0 fully saturated rings. The van der Waals surface area contributed by atoms with Crippen LogP contribution in [0, 0.1) is 0 Å². The van der Waals surface area contributed by atoms with E-state index in [1.165, 1.54) is 80.6 Å². The summed E-state index contributed by atoms with van der Waals surface area (Å²) in [7, 11) is 0. The van der Waals surface area contributed by atoms with E-state index in [4.69, 9.17) is 4.98 Å². The first-order valence-electron chi connectivity index (χ1n) is 18.6. The van der Waals surface area contributed by atoms with Gasteiger partial charge in [0, 0.05) is 66.1 Å². The summed E-state index contributed by atoms with van der Waals surface area (Å²) in [6.45, 7) is 0. The quantitative estimate of drug-likeness (QED) is 0.182. The summed E-state index contributed by atoms with van der Waals surface area (Å²) in [6.07, 6.45) is 3.56. The van der Waals surface area contributed by atoms with E-state index in [1.54, 1.807) is 12.4 Å². The minimum absolute atomic E-state index is 0.887. The van der Waals surface area contributed by atoms with Gasteiger partial charge in [-0.1, -0.05) is 121 Å². The molecular weight excluding hydrogens is 689 g/mol. The van der Waals surface area contributed by atoms with Gasteiger partial charge in [-0.05, 0) is 54.1 Å². The second-order valence-electron chi connectivity index (χ2n) is 14.1. The first-order chi connectivity index (χ1) is 27.3. The molecule has 0 bridgehead atoms. The Hall–Kier alpha value is -7.08. The fraction of sp³-hybridized carbons (Fsp3) is 0. The fourth-order valence-corrected chi connectivity index (χ4v) is 10.2. The summed E-state index contributed by atoms with van der Waals surface area (Å²) in [5.74, 6) is 0. The van der Waals surface area contributed by atoms with Crippen molar-refractivity contribution in [2.75, 3.05) is 0 Å². The van der Waals surface area contributed by atoms with Crippen LogP contribution in [0.25, 0.3) is 108 Å². The van der Waals surface area contributed by atoms with Crippen molar-refractivity contribution < 1.29 is 0 Å². The molecule has 12 aromatic rings. The highest BCUT2D eigenvalue weighted by atomic mass is 32.1. The van der Waals surface area contributed by atoms with Crippen molar-refractivity contribution in [2.45, 2.75) is 0 Å². The molecule has 0 spiro atoms. The Labute approximate surface area is 319 Å². The SMILES string of the molecule is c1ccc(-n2c3ccccc3c3ccccc32)c(-c2cccc3c2sc2c(-n4c5ccccc5c5ccccc54)cc(-c4cccc5nccnc45)cc23)c1. The number of hydrogen-bond donors (Lipinski definition) is 0. The predicted molar refractivity (Wildman–Crippen MR) is 232 cm³/mol. The van der Waals surface area contributed by atoms with Crippen molar-refractivity contribution in [1.82, 2.24) is 19.1 Å². The van der Waals surface area contributed by atoms with E-state index in [2.05, 4.69) is 178 Å². The lowest BCUT2D eigenvalue weighted by Gasteiger charge is -2.14. The largest absolute Gasteiger partial charge is 0.309 e. The Morgan fingerprint density at radius 3 is 1.55 bits per heavy atom. The average Bonchev–Trinajstić information content (AvgIpc) is 3.91. The van der Waals surface area contributed by atoms with Gasteiger partial charge >= 0.3 is 0 Å². The third kappa shape index (κ3) is 4.39. The van der Waals surface area contributed by atoms with Gasteiger partial charge in [0.1, 0.15) is 0 Å². The van der Waals surface area contributed by atoms with Crippen LogP contribution in [-0.2, 0) is 0 Å². The number of fused-ring (bicyclic) bond motifs is 10. The van der Waals surface area contributed by atoms with Crippen molar-refractivity contribution in [3.8, 4) is 33.6 Å². The van der Waals surface area contributed by atoms with Crippen molar-refractivity contribution in [3.05, 3.63) is 182 Å². The summed E-state index contributed by atoms with van der Waals surface area (Å²) in [5.41, 5.74) is 13.5. The average molecular weight is 719 g/mol. The molecule has 0 N–H and O–H groups in total. The van der Waals surface area contributed by atoms with Crippen LogP contribution < -0.4 is 0 Å². The van der Waals surface area contributed by atoms with Crippen molar-refractivity contribution in [1.29, 1.82) is 0 Å². The standard InChI is InChI=1S/C50H30N4S/c1-6-22-42-33(13-1)34-14-2-7-23-43(34)53(42)46-26-10-5-17-37(46)38-19-11-20-39-40-29-31(32-18-12-21-41-48(32)52-28-27-51-41)30-47(50(40)55-49(38)39)54-44-24-8-3-15-35(44)36-16-4-9-25-45(36)54/h1-30H. The Bertz CT molecular complexity index is 3400. The van der Waals surface area contributed by atoms with Gasteiger partial charge in [0.05, 0.1) is 49.2 Å². The zero-order chi connectivity index (χ0) is 36.0. The van der Waals surface area contributed by atoms with Crippen molar-refractivity contribution in [3.63, 3.8) is 0 Å². The highest BCUT2D eigenvalue weighted by Gasteiger charge is 2.22. The molecule has 0 atom stereocenters. The first-order valence-corrected chi connectivity index (χ1v) is 19.4. The van der Waals surface area contributed by atoms with Crippen LogP contribution in [0.15, 0.2) is 182 Å². The van der Waals surface area contributed by atoms with Crippen LogP contribution in [0.2, 0.25) is 0 Å². The Morgan fingerprint density at radius 1 is 0.364 bits per heavy atom. The molecule has 0 saturated heterocycles. The van der Waals surface area contributed by atoms with Crippen LogP contribution >= 0.6 is 11.3 Å². The number of hydrogen-bond acceptors (Lipinski definition) is 3. The van der Waals surface area contributed by atoms with Crippen molar-refractivity contribution >= 4 is 86.2 Å². The molecule has 5 heteroatoms. The van der Waals surface area contributed by atoms with Gasteiger partial charge in [-0.2, -0.15) is 0 Å². The van der Waals surface area contributed by atoms with Gasteiger partial charge < -0.3 is 9.13 Å². The first kappa shape index (κ1) is 30.4. The van der Waals surface area contributed by atoms with Crippen molar-refractivity contribution in [2.24, 2.45) is 0 Å². The minimum Gasteiger partial charge on any atom is -0.309 e. The molecule has 0 radical (unpaired) electrons. The zero-order valence-corrected chi connectivity index (χ0v) is 30.3. The van der Waals surface area contributed by atoms with Crippen LogP contribution in [-0.4, -0.2) is 19.1 Å². The lowest BCUT2D eigenvalue weighted by molar-refractivity contribution is 1.18. The maximum atomic E-state index is 4.84. The lowest BCUT2D eigenvalue weighted by Crippen LogP contribution is -1.97. The van der Waals surface area contributed by atoms with Gasteiger partial charge in [0.25, 0.3) is 0 Å². The summed E-state index contributed by atoms with van der Waals surface area (Å²) >= 11 is 1.89. The Morgan fingerprint density at radius 2 is 0.873 bits per heavy atom. The van der Waals surface area contributed by atoms with Crippen LogP contribution in [0.4, 0.5) is 0 Å². The number of nitrogens with zero attached hydrogens (tertiary/aromatic N) is 4. The predicted octanol–water partition coefficient (Wildman–Crippen LogP) is 13.5. The normalized spacial score (nSPS) is 12.0. The van der Waals surface area contributed by atoms with Crippen LogP contribution in [0.1, 0.15) is 0 Å². The Balaban J connectivity index is 1.19. The molecule has 0 saturated carbocycles. The fourth-order valence-electron chi connectivity index (χ4n) is 8.90. The molecule has 0 aliphatic heterocycles. The second-order valence-corrected chi connectivity index (χ2v) is 15.2. The summed E-state index contributed by atoms with van der Waals surface area (Å²) in [6, 6.07) is 61.8. The molecule has 55 heavy (non-hydrogen) atoms. The third-order valence-corrected chi connectivity index (χ3v) is 12.5. The summed E-state index contributed by atoms with van der Waals surface area (Å²) < 4.78 is 7.42. The number of para-hydroxylation sites is 6. The Kier molecular flexibility index (Phi) is 6.47. The maximum absolute atomic E-state index is 4.84. The number of rotatable bonds is 4. The smallest absolute Gasteiger partial charge is 0.0965 e. The van der Waals surface area contributed by atoms with E-state index in [0.29, 0.717) is 0 Å². The third-order valence-electron chi connectivity index (χ3n) is 11.2. The molecule has 0 aliphatic rings. The van der Waals surface area contributed by atoms with Gasteiger partial charge in [-0.25, -0.2) is 0 Å². The number of benzene rings is 8. The molecule has 0 amide bonds. The molecular formula is C50H30N4S. The van der Waals surface area contributed by atoms with E-state index in [1.807, 2.05) is 17.4 Å². The number of thiophene rings is 1. The molecule has 4 aromatic heterocycles. The minimum atomic E-state index is 0.887. The highest BCUT2D eigenvalue weighted by molar-refractivity contribution is 7.26. The molecule has 8 aromatic carbocycles. The summed E-state index contributed by atoms with van der Waals surface area (Å²) in [4.78, 5) is 9.51. The monoisotopic (exact) mass is 718 g/mol. The maximum Gasteiger partial charge on any atom is 0.0965 e.